The Hall–Kier alpha value is -6.59. The maximum absolute atomic E-state index is 14.0. The Labute approximate surface area is 323 Å². The van der Waals surface area contributed by atoms with E-state index in [0.29, 0.717) is 11.3 Å². The summed E-state index contributed by atoms with van der Waals surface area (Å²) in [4.78, 5) is 2.29. The minimum atomic E-state index is -4.44. The zero-order valence-electron chi connectivity index (χ0n) is 30.8. The monoisotopic (exact) mass is 735 g/mol. The van der Waals surface area contributed by atoms with E-state index < -0.39 is 22.8 Å². The second kappa shape index (κ2) is 12.5. The molecule has 1 aliphatic carbocycles. The van der Waals surface area contributed by atoms with E-state index in [0.717, 1.165) is 72.0 Å². The van der Waals surface area contributed by atoms with Crippen LogP contribution in [0.15, 0.2) is 176 Å². The molecule has 2 nitrogen and oxygen atoms in total. The van der Waals surface area contributed by atoms with Gasteiger partial charge in [-0.3, -0.25) is 0 Å². The molecule has 5 heteroatoms. The van der Waals surface area contributed by atoms with Crippen molar-refractivity contribution in [2.75, 3.05) is 4.90 Å². The molecule has 0 amide bonds. The number of para-hydroxylation sites is 1. The Morgan fingerprint density at radius 3 is 1.91 bits per heavy atom. The SMILES string of the molecule is CC1(C)c2cc(C(F)(F)F)ccc2-c2c1c1c(c3ccccc23)OC(c2ccccc2)(c2ccc(N(c3ccccc3)c3cccc4ccccc34)cc2)C=C1. The van der Waals surface area contributed by atoms with Crippen molar-refractivity contribution >= 4 is 44.7 Å². The summed E-state index contributed by atoms with van der Waals surface area (Å²) in [5, 5.41) is 4.18. The molecule has 8 aromatic carbocycles. The van der Waals surface area contributed by atoms with Gasteiger partial charge in [0.15, 0.2) is 5.60 Å². The van der Waals surface area contributed by atoms with E-state index >= 15 is 0 Å². The summed E-state index contributed by atoms with van der Waals surface area (Å²) in [6.07, 6.45) is -0.188. The Bertz CT molecular complexity index is 2840. The summed E-state index contributed by atoms with van der Waals surface area (Å²) in [5.74, 6) is 0.716. The smallest absolute Gasteiger partial charge is 0.416 e. The number of benzene rings is 8. The van der Waals surface area contributed by atoms with Crippen molar-refractivity contribution < 1.29 is 17.9 Å². The van der Waals surface area contributed by atoms with Crippen LogP contribution in [0.25, 0.3) is 38.7 Å². The van der Waals surface area contributed by atoms with Crippen molar-refractivity contribution in [2.24, 2.45) is 0 Å². The largest absolute Gasteiger partial charge is 0.472 e. The number of halogens is 3. The number of ether oxygens (including phenoxy) is 1. The first-order chi connectivity index (χ1) is 27.1. The van der Waals surface area contributed by atoms with Crippen molar-refractivity contribution in [2.45, 2.75) is 31.0 Å². The number of alkyl halides is 3. The Balaban J connectivity index is 1.15. The zero-order valence-corrected chi connectivity index (χ0v) is 30.8. The minimum absolute atomic E-state index is 0.639. The third-order valence-electron chi connectivity index (χ3n) is 11.6. The van der Waals surface area contributed by atoms with E-state index in [9.17, 15) is 13.2 Å². The molecule has 10 rings (SSSR count). The highest BCUT2D eigenvalue weighted by Gasteiger charge is 2.45. The van der Waals surface area contributed by atoms with Gasteiger partial charge in [-0.15, -0.1) is 0 Å². The molecule has 0 saturated heterocycles. The van der Waals surface area contributed by atoms with Crippen molar-refractivity contribution in [1.29, 1.82) is 0 Å². The lowest BCUT2D eigenvalue weighted by Gasteiger charge is -2.38. The van der Waals surface area contributed by atoms with Crippen LogP contribution in [0.3, 0.4) is 0 Å². The average Bonchev–Trinajstić information content (AvgIpc) is 3.47. The molecule has 1 atom stereocenters. The number of fused-ring (bicyclic) bond motifs is 9. The molecular formula is C51H36F3NO. The minimum Gasteiger partial charge on any atom is -0.472 e. The molecule has 2 aliphatic rings. The van der Waals surface area contributed by atoms with Crippen molar-refractivity contribution in [3.05, 3.63) is 209 Å². The van der Waals surface area contributed by atoms with Gasteiger partial charge in [-0.1, -0.05) is 147 Å². The van der Waals surface area contributed by atoms with Crippen LogP contribution in [0, 0.1) is 0 Å². The first kappa shape index (κ1) is 33.9. The Morgan fingerprint density at radius 2 is 1.18 bits per heavy atom. The molecule has 0 saturated carbocycles. The third kappa shape index (κ3) is 5.11. The first-order valence-electron chi connectivity index (χ1n) is 18.8. The van der Waals surface area contributed by atoms with Gasteiger partial charge >= 0.3 is 6.18 Å². The molecule has 0 radical (unpaired) electrons. The number of nitrogens with zero attached hydrogens (tertiary/aromatic N) is 1. The van der Waals surface area contributed by atoms with Crippen LogP contribution in [0.4, 0.5) is 30.2 Å². The molecule has 0 aromatic heterocycles. The Morgan fingerprint density at radius 1 is 0.571 bits per heavy atom. The van der Waals surface area contributed by atoms with Gasteiger partial charge in [0.1, 0.15) is 5.75 Å². The van der Waals surface area contributed by atoms with Gasteiger partial charge in [0.25, 0.3) is 0 Å². The molecule has 1 unspecified atom stereocenters. The van der Waals surface area contributed by atoms with Crippen LogP contribution < -0.4 is 9.64 Å². The molecule has 8 aromatic rings. The standard InChI is InChI=1S/C51H36F3NO/c1-49(2)44-32-36(51(52,53)54)26-29-42(44)46-40-21-11-12-22-41(40)48-43(47(46)49)30-31-50(56-48,34-16-5-3-6-17-34)35-24-27-38(28-25-35)55(37-18-7-4-8-19-37)45-23-13-15-33-14-9-10-20-39(33)45/h3-32H,1-2H3. The lowest BCUT2D eigenvalue weighted by molar-refractivity contribution is -0.137. The van der Waals surface area contributed by atoms with E-state index in [1.165, 1.54) is 12.1 Å². The van der Waals surface area contributed by atoms with Gasteiger partial charge in [0, 0.05) is 44.3 Å². The Kier molecular flexibility index (Phi) is 7.56. The van der Waals surface area contributed by atoms with Crippen LogP contribution in [-0.4, -0.2) is 0 Å². The number of anilines is 3. The summed E-state index contributed by atoms with van der Waals surface area (Å²) in [7, 11) is 0. The van der Waals surface area contributed by atoms with Gasteiger partial charge in [-0.25, -0.2) is 0 Å². The highest BCUT2D eigenvalue weighted by molar-refractivity contribution is 6.08. The molecule has 56 heavy (non-hydrogen) atoms. The first-order valence-corrected chi connectivity index (χ1v) is 18.8. The van der Waals surface area contributed by atoms with Crippen LogP contribution in [0.1, 0.15) is 47.2 Å². The fraction of sp³-hybridized carbons (Fsp3) is 0.0980. The predicted octanol–water partition coefficient (Wildman–Crippen LogP) is 14.1. The number of hydrogen-bond donors (Lipinski definition) is 0. The van der Waals surface area contributed by atoms with Gasteiger partial charge in [-0.2, -0.15) is 13.2 Å². The quantitative estimate of drug-likeness (QED) is 0.175. The van der Waals surface area contributed by atoms with E-state index in [1.54, 1.807) is 6.07 Å². The maximum atomic E-state index is 14.0. The van der Waals surface area contributed by atoms with Crippen LogP contribution >= 0.6 is 0 Å². The molecule has 1 aliphatic heterocycles. The number of hydrogen-bond acceptors (Lipinski definition) is 2. The third-order valence-corrected chi connectivity index (χ3v) is 11.6. The topological polar surface area (TPSA) is 12.5 Å². The maximum Gasteiger partial charge on any atom is 0.416 e. The van der Waals surface area contributed by atoms with E-state index in [-0.39, 0.29) is 0 Å². The molecule has 272 valence electrons. The van der Waals surface area contributed by atoms with Crippen LogP contribution in [-0.2, 0) is 17.2 Å². The van der Waals surface area contributed by atoms with Crippen LogP contribution in [0.5, 0.6) is 5.75 Å². The van der Waals surface area contributed by atoms with E-state index in [2.05, 4.69) is 132 Å². The summed E-state index contributed by atoms with van der Waals surface area (Å²) < 4.78 is 49.6. The highest BCUT2D eigenvalue weighted by atomic mass is 19.4. The van der Waals surface area contributed by atoms with Crippen LogP contribution in [0.2, 0.25) is 0 Å². The van der Waals surface area contributed by atoms with Crippen molar-refractivity contribution in [3.63, 3.8) is 0 Å². The summed E-state index contributed by atoms with van der Waals surface area (Å²) in [6.45, 7) is 4.04. The molecule has 0 N–H and O–H groups in total. The van der Waals surface area contributed by atoms with E-state index in [1.807, 2.05) is 50.2 Å². The predicted molar refractivity (Wildman–Crippen MR) is 222 cm³/mol. The molecular weight excluding hydrogens is 700 g/mol. The van der Waals surface area contributed by atoms with E-state index in [4.69, 9.17) is 4.74 Å². The zero-order chi connectivity index (χ0) is 38.2. The molecule has 0 fully saturated rings. The second-order valence-electron chi connectivity index (χ2n) is 15.2. The number of rotatable bonds is 5. The molecule has 0 spiro atoms. The summed E-state index contributed by atoms with van der Waals surface area (Å²) >= 11 is 0. The lowest BCUT2D eigenvalue weighted by atomic mass is 9.76. The molecule has 1 heterocycles. The summed E-state index contributed by atoms with van der Waals surface area (Å²) in [5.41, 5.74) is 7.00. The lowest BCUT2D eigenvalue weighted by Crippen LogP contribution is -2.35. The highest BCUT2D eigenvalue weighted by Crippen LogP contribution is 2.58. The normalized spacial score (nSPS) is 16.6. The fourth-order valence-electron chi connectivity index (χ4n) is 9.04. The van der Waals surface area contributed by atoms with Gasteiger partial charge in [-0.05, 0) is 81.6 Å². The van der Waals surface area contributed by atoms with Crippen molar-refractivity contribution in [3.8, 4) is 16.9 Å². The van der Waals surface area contributed by atoms with Crippen molar-refractivity contribution in [1.82, 2.24) is 0 Å². The second-order valence-corrected chi connectivity index (χ2v) is 15.2. The fourth-order valence-corrected chi connectivity index (χ4v) is 9.04. The average molecular weight is 736 g/mol. The summed E-state index contributed by atoms with van der Waals surface area (Å²) in [6, 6.07) is 56.3. The van der Waals surface area contributed by atoms with Gasteiger partial charge < -0.3 is 9.64 Å². The molecule has 0 bridgehead atoms. The van der Waals surface area contributed by atoms with Gasteiger partial charge in [0.2, 0.25) is 0 Å². The van der Waals surface area contributed by atoms with Gasteiger partial charge in [0.05, 0.1) is 11.3 Å².